The van der Waals surface area contributed by atoms with E-state index in [1.54, 1.807) is 11.6 Å². The summed E-state index contributed by atoms with van der Waals surface area (Å²) in [6.07, 6.45) is 1.57. The van der Waals surface area contributed by atoms with E-state index in [4.69, 9.17) is 23.7 Å². The molecule has 2 unspecified atom stereocenters. The number of carbonyl (C=O) groups excluding carboxylic acids is 2. The Labute approximate surface area is 463 Å². The van der Waals surface area contributed by atoms with Crippen molar-refractivity contribution in [1.82, 2.24) is 29.1 Å². The molecule has 8 rings (SSSR count). The quantitative estimate of drug-likeness (QED) is 0.0414. The number of halogens is 2. The van der Waals surface area contributed by atoms with Crippen LogP contribution in [0.3, 0.4) is 0 Å². The van der Waals surface area contributed by atoms with E-state index in [0.717, 1.165) is 43.6 Å². The molecule has 0 amide bonds. The van der Waals surface area contributed by atoms with Gasteiger partial charge in [-0.3, -0.25) is 4.79 Å². The van der Waals surface area contributed by atoms with Crippen LogP contribution >= 0.6 is 7.82 Å². The second-order valence-corrected chi connectivity index (χ2v) is 18.3. The zero-order valence-corrected chi connectivity index (χ0v) is 45.8. The van der Waals surface area contributed by atoms with Gasteiger partial charge in [-0.15, -0.1) is 0 Å². The molecule has 0 radical (unpaired) electrons. The molecule has 2 aromatic heterocycles. The van der Waals surface area contributed by atoms with Crippen LogP contribution in [0.15, 0.2) is 115 Å². The number of aromatic nitrogens is 6. The van der Waals surface area contributed by atoms with Crippen LogP contribution < -0.4 is 93.7 Å². The van der Waals surface area contributed by atoms with Crippen LogP contribution in [0.2, 0.25) is 0 Å². The maximum atomic E-state index is 15.1. The molecule has 2 aliphatic heterocycles. The van der Waals surface area contributed by atoms with Crippen molar-refractivity contribution in [2.24, 2.45) is 5.92 Å². The zero-order chi connectivity index (χ0) is 50.3. The average Bonchev–Trinajstić information content (AvgIpc) is 4.10. The van der Waals surface area contributed by atoms with E-state index in [0.29, 0.717) is 43.1 Å². The molecule has 0 bridgehead atoms. The summed E-state index contributed by atoms with van der Waals surface area (Å²) < 4.78 is 76.3. The molecular formula is C48H51F2N8Na2O12P. The average molecular weight is 1050 g/mol. The number of hydrogen-bond donors (Lipinski definition) is 0. The Kier molecular flexibility index (Phi) is 19.9. The third kappa shape index (κ3) is 14.8. The minimum Gasteiger partial charge on any atom is -0.780 e. The Hall–Kier alpha value is -5.13. The molecule has 0 spiro atoms. The predicted molar refractivity (Wildman–Crippen MR) is 247 cm³/mol. The fourth-order valence-electron chi connectivity index (χ4n) is 8.83. The van der Waals surface area contributed by atoms with Crippen molar-refractivity contribution in [2.75, 3.05) is 49.2 Å². The third-order valence-corrected chi connectivity index (χ3v) is 12.7. The maximum absolute atomic E-state index is 15.1. The number of ether oxygens (including phenoxy) is 5. The maximum Gasteiger partial charge on any atom is 1.00 e. The van der Waals surface area contributed by atoms with Crippen LogP contribution in [0.5, 0.6) is 11.5 Å². The Morgan fingerprint density at radius 1 is 0.836 bits per heavy atom. The van der Waals surface area contributed by atoms with Gasteiger partial charge in [0.05, 0.1) is 37.9 Å². The molecule has 2 aliphatic rings. The second-order valence-electron chi connectivity index (χ2n) is 17.2. The Balaban J connectivity index is 0.00000435. The van der Waals surface area contributed by atoms with Gasteiger partial charge in [-0.2, -0.15) is 10.2 Å². The minimum absolute atomic E-state index is 0. The van der Waals surface area contributed by atoms with E-state index >= 15 is 4.39 Å². The first-order valence-corrected chi connectivity index (χ1v) is 24.3. The largest absolute Gasteiger partial charge is 1.00 e. The Bertz CT molecular complexity index is 2870. The normalized spacial score (nSPS) is 17.9. The number of phosphoric ester groups is 1. The second kappa shape index (κ2) is 25.4. The van der Waals surface area contributed by atoms with Crippen molar-refractivity contribution in [3.05, 3.63) is 143 Å². The number of anilines is 2. The number of hydrogen-bond acceptors (Lipinski definition) is 17. The van der Waals surface area contributed by atoms with Crippen molar-refractivity contribution in [1.29, 1.82) is 0 Å². The van der Waals surface area contributed by atoms with E-state index < -0.39 is 61.3 Å². The van der Waals surface area contributed by atoms with Crippen LogP contribution in [0.1, 0.15) is 50.8 Å². The number of piperazine rings is 1. The van der Waals surface area contributed by atoms with Crippen molar-refractivity contribution < 1.29 is 120 Å². The van der Waals surface area contributed by atoms with E-state index in [1.165, 1.54) is 71.6 Å². The summed E-state index contributed by atoms with van der Waals surface area (Å²) in [5.74, 6) is -1.67. The number of carbonyl (C=O) groups is 2. The summed E-state index contributed by atoms with van der Waals surface area (Å²) >= 11 is 0. The fourth-order valence-corrected chi connectivity index (χ4v) is 9.21. The van der Waals surface area contributed by atoms with Crippen LogP contribution in [0, 0.1) is 17.6 Å². The van der Waals surface area contributed by atoms with Crippen LogP contribution in [0.4, 0.5) is 25.0 Å². The van der Waals surface area contributed by atoms with E-state index in [9.17, 15) is 33.1 Å². The van der Waals surface area contributed by atoms with Gasteiger partial charge < -0.3 is 52.4 Å². The van der Waals surface area contributed by atoms with Gasteiger partial charge in [0.15, 0.2) is 0 Å². The molecule has 0 saturated carbocycles. The SMILES string of the molecule is CC[C@@H](C(C)OC(=O)OC(C)OC(=O)Cc1ccc(OP(=O)([O-])[O-])cc1)n1ncn(-c2ccc(N3CCN(c4ccc(OC[C@@H]5CO[C@@](Cn6cncn6)(c6ccc(F)cc6F)C5)cc4)CC3)cc2)c1=O.[Na+].[Na+]. The molecule has 73 heavy (non-hydrogen) atoms. The van der Waals surface area contributed by atoms with E-state index in [-0.39, 0.29) is 89.3 Å². The van der Waals surface area contributed by atoms with Gasteiger partial charge in [0.25, 0.3) is 0 Å². The first-order valence-electron chi connectivity index (χ1n) is 22.8. The number of rotatable bonds is 19. The van der Waals surface area contributed by atoms with Crippen molar-refractivity contribution in [3.8, 4) is 17.2 Å². The molecule has 25 heteroatoms. The van der Waals surface area contributed by atoms with Gasteiger partial charge in [0.2, 0.25) is 6.29 Å². The summed E-state index contributed by atoms with van der Waals surface area (Å²) in [4.78, 5) is 68.9. The molecule has 4 aromatic carbocycles. The molecule has 376 valence electrons. The van der Waals surface area contributed by atoms with E-state index in [2.05, 4.69) is 29.5 Å². The molecule has 2 saturated heterocycles. The van der Waals surface area contributed by atoms with Gasteiger partial charge in [0.1, 0.15) is 61.6 Å². The van der Waals surface area contributed by atoms with Gasteiger partial charge in [-0.05, 0) is 92.1 Å². The Morgan fingerprint density at radius 2 is 1.47 bits per heavy atom. The van der Waals surface area contributed by atoms with Crippen LogP contribution in [0.25, 0.3) is 5.69 Å². The zero-order valence-electron chi connectivity index (χ0n) is 41.0. The topological polar surface area (TPSA) is 230 Å². The van der Waals surface area contributed by atoms with Crippen molar-refractivity contribution in [2.45, 2.75) is 70.6 Å². The first kappa shape index (κ1) is 57.2. The Morgan fingerprint density at radius 3 is 2.07 bits per heavy atom. The molecule has 0 N–H and O–H groups in total. The molecule has 20 nitrogen and oxygen atoms in total. The molecule has 2 fully saturated rings. The first-order chi connectivity index (χ1) is 34.0. The monoisotopic (exact) mass is 1050 g/mol. The summed E-state index contributed by atoms with van der Waals surface area (Å²) in [6, 6.07) is 23.5. The number of esters is 1. The smallest absolute Gasteiger partial charge is 0.780 e. The number of nitrogens with zero attached hydrogens (tertiary/aromatic N) is 8. The predicted octanol–water partition coefficient (Wildman–Crippen LogP) is -0.918. The molecule has 5 atom stereocenters. The summed E-state index contributed by atoms with van der Waals surface area (Å²) in [6.45, 7) is 8.67. The van der Waals surface area contributed by atoms with Gasteiger partial charge in [-0.25, -0.2) is 37.3 Å². The van der Waals surface area contributed by atoms with Crippen LogP contribution in [-0.4, -0.2) is 93.0 Å². The number of phosphoric acid groups is 1. The molecule has 4 heterocycles. The van der Waals surface area contributed by atoms with Crippen molar-refractivity contribution >= 4 is 31.3 Å². The molecule has 0 aliphatic carbocycles. The minimum atomic E-state index is -5.23. The third-order valence-electron chi connectivity index (χ3n) is 12.3. The number of benzene rings is 4. The van der Waals surface area contributed by atoms with E-state index in [1.807, 2.05) is 55.5 Å². The van der Waals surface area contributed by atoms with Crippen LogP contribution in [-0.2, 0) is 46.9 Å². The molecule has 6 aromatic rings. The summed E-state index contributed by atoms with van der Waals surface area (Å²) in [5, 5.41) is 8.51. The standard InChI is InChI=1S/C48H53F2N8O12P.2Na/c1-4-44(32(2)67-47(61)69-33(3)68-45(59)23-34-5-14-41(15-6-34)70-71(62,63)64)58-46(60)57(31-53-58)39-10-8-37(9-11-39)54-19-21-55(22-20-54)38-12-16-40(17-13-38)65-26-35-25-48(66-27-35,28-56-30-51-29-52-56)42-18-7-36(49)24-43(42)50;;/h5-18,24,29-33,35,44H,4,19-23,25-28H2,1-3H3,(H2,62,63,64);;/q;2*+1/p-2/t32?,33?,35-,44+,48+;;/m1../s1. The molecular weight excluding hydrogens is 996 g/mol. The van der Waals surface area contributed by atoms with Gasteiger partial charge in [-0.1, -0.05) is 25.1 Å². The summed E-state index contributed by atoms with van der Waals surface area (Å²) in [7, 11) is -5.23. The summed E-state index contributed by atoms with van der Waals surface area (Å²) in [5.41, 5.74) is 1.83. The van der Waals surface area contributed by atoms with Gasteiger partial charge in [0, 0.05) is 62.0 Å². The van der Waals surface area contributed by atoms with Gasteiger partial charge >= 0.3 is 76.9 Å². The fraction of sp³-hybridized carbons (Fsp3) is 0.375. The van der Waals surface area contributed by atoms with Crippen molar-refractivity contribution in [3.63, 3.8) is 0 Å².